The Balaban J connectivity index is 1.44. The maximum atomic E-state index is 12.6. The monoisotopic (exact) mass is 477 g/mol. The summed E-state index contributed by atoms with van der Waals surface area (Å²) in [6.45, 7) is -0.489. The molecule has 2 N–H and O–H groups in total. The molecule has 1 aliphatic heterocycles. The first kappa shape index (κ1) is 24.1. The zero-order valence-electron chi connectivity index (χ0n) is 17.0. The molecule has 4 amide bonds. The minimum atomic E-state index is -4.51. The van der Waals surface area contributed by atoms with Crippen LogP contribution in [-0.4, -0.2) is 47.5 Å². The molecule has 1 heterocycles. The fraction of sp³-hybridized carbons (Fsp3) is 0.182. The molecular weight excluding hydrogens is 459 g/mol. The number of hydrogen-bond acceptors (Lipinski definition) is 5. The molecule has 0 atom stereocenters. The van der Waals surface area contributed by atoms with Gasteiger partial charge >= 0.3 is 6.18 Å². The Kier molecular flexibility index (Phi) is 7.54. The molecule has 0 unspecified atom stereocenters. The second-order valence-corrected chi connectivity index (χ2v) is 7.84. The standard InChI is InChI=1S/C22H18F3N3O4S/c23-22(24,25)16-8-6-15(7-9-16)19(30)27-13-18(29)26-10-11-28-20(31)17(33-21(28)32)12-14-4-2-1-3-5-14/h1-9,12H,10-11,13H2,(H,26,29)(H,27,30)/b17-12+. The van der Waals surface area contributed by atoms with Crippen LogP contribution in [0.5, 0.6) is 0 Å². The van der Waals surface area contributed by atoms with Gasteiger partial charge in [0.15, 0.2) is 0 Å². The molecule has 1 saturated heterocycles. The number of amides is 4. The van der Waals surface area contributed by atoms with Crippen LogP contribution < -0.4 is 10.6 Å². The van der Waals surface area contributed by atoms with Crippen LogP contribution in [-0.2, 0) is 15.8 Å². The Morgan fingerprint density at radius 1 is 0.970 bits per heavy atom. The van der Waals surface area contributed by atoms with Crippen LogP contribution in [0.25, 0.3) is 6.08 Å². The van der Waals surface area contributed by atoms with Crippen LogP contribution >= 0.6 is 11.8 Å². The van der Waals surface area contributed by atoms with E-state index in [2.05, 4.69) is 10.6 Å². The molecule has 2 aromatic rings. The van der Waals surface area contributed by atoms with Gasteiger partial charge in [0.25, 0.3) is 17.1 Å². The van der Waals surface area contributed by atoms with E-state index in [0.717, 1.165) is 46.5 Å². The van der Waals surface area contributed by atoms with E-state index in [4.69, 9.17) is 0 Å². The van der Waals surface area contributed by atoms with Crippen LogP contribution in [0.1, 0.15) is 21.5 Å². The number of carbonyl (C=O) groups is 4. The summed E-state index contributed by atoms with van der Waals surface area (Å²) in [5.41, 5.74) is -0.137. The number of halogens is 3. The first-order valence-corrected chi connectivity index (χ1v) is 10.5. The zero-order valence-corrected chi connectivity index (χ0v) is 17.8. The van der Waals surface area contributed by atoms with Gasteiger partial charge in [-0.15, -0.1) is 0 Å². The Hall–Kier alpha value is -3.60. The van der Waals surface area contributed by atoms with Crippen LogP contribution in [0.4, 0.5) is 18.0 Å². The van der Waals surface area contributed by atoms with E-state index in [1.54, 1.807) is 18.2 Å². The molecule has 0 saturated carbocycles. The quantitative estimate of drug-likeness (QED) is 0.597. The lowest BCUT2D eigenvalue weighted by Crippen LogP contribution is -2.41. The summed E-state index contributed by atoms with van der Waals surface area (Å²) in [6.07, 6.45) is -2.90. The fourth-order valence-corrected chi connectivity index (χ4v) is 3.70. The van der Waals surface area contributed by atoms with Gasteiger partial charge in [0.1, 0.15) is 0 Å². The van der Waals surface area contributed by atoms with E-state index in [1.165, 1.54) is 0 Å². The van der Waals surface area contributed by atoms with Crippen LogP contribution in [0.2, 0.25) is 0 Å². The summed E-state index contributed by atoms with van der Waals surface area (Å²) < 4.78 is 37.7. The van der Waals surface area contributed by atoms with Crippen molar-refractivity contribution in [2.45, 2.75) is 6.18 Å². The average Bonchev–Trinajstić information content (AvgIpc) is 3.05. The van der Waals surface area contributed by atoms with E-state index < -0.39 is 41.2 Å². The van der Waals surface area contributed by atoms with Crippen molar-refractivity contribution in [1.82, 2.24) is 15.5 Å². The zero-order chi connectivity index (χ0) is 24.0. The summed E-state index contributed by atoms with van der Waals surface area (Å²) >= 11 is 0.808. The maximum absolute atomic E-state index is 12.6. The van der Waals surface area contributed by atoms with E-state index in [1.807, 2.05) is 18.2 Å². The highest BCUT2D eigenvalue weighted by molar-refractivity contribution is 8.18. The Morgan fingerprint density at radius 3 is 2.27 bits per heavy atom. The number of rotatable bonds is 7. The molecule has 11 heteroatoms. The lowest BCUT2D eigenvalue weighted by Gasteiger charge is -2.13. The molecular formula is C22H18F3N3O4S. The second kappa shape index (κ2) is 10.3. The molecule has 172 valence electrons. The first-order chi connectivity index (χ1) is 15.6. The number of imide groups is 1. The lowest BCUT2D eigenvalue weighted by atomic mass is 10.1. The molecule has 0 aliphatic carbocycles. The third-order valence-corrected chi connectivity index (χ3v) is 5.42. The summed E-state index contributed by atoms with van der Waals surface area (Å²) in [5.74, 6) is -1.75. The van der Waals surface area contributed by atoms with Crippen molar-refractivity contribution in [3.63, 3.8) is 0 Å². The van der Waals surface area contributed by atoms with Crippen molar-refractivity contribution in [2.24, 2.45) is 0 Å². The van der Waals surface area contributed by atoms with Crippen molar-refractivity contribution in [3.05, 3.63) is 76.2 Å². The number of nitrogens with one attached hydrogen (secondary N) is 2. The maximum Gasteiger partial charge on any atom is 0.416 e. The lowest BCUT2D eigenvalue weighted by molar-refractivity contribution is -0.137. The average molecular weight is 477 g/mol. The number of benzene rings is 2. The SMILES string of the molecule is O=C(CNC(=O)c1ccc(C(F)(F)F)cc1)NCCN1C(=O)S/C(=C/c2ccccc2)C1=O. The molecule has 2 aromatic carbocycles. The highest BCUT2D eigenvalue weighted by atomic mass is 32.2. The van der Waals surface area contributed by atoms with E-state index in [9.17, 15) is 32.3 Å². The summed E-state index contributed by atoms with van der Waals surface area (Å²) in [4.78, 5) is 49.7. The predicted octanol–water partition coefficient (Wildman–Crippen LogP) is 3.29. The second-order valence-electron chi connectivity index (χ2n) is 6.85. The number of thioether (sulfide) groups is 1. The smallest absolute Gasteiger partial charge is 0.353 e. The van der Waals surface area contributed by atoms with E-state index >= 15 is 0 Å². The van der Waals surface area contributed by atoms with Gasteiger partial charge in [0.05, 0.1) is 17.0 Å². The van der Waals surface area contributed by atoms with Gasteiger partial charge in [-0.25, -0.2) is 0 Å². The fourth-order valence-electron chi connectivity index (χ4n) is 2.84. The van der Waals surface area contributed by atoms with Crippen LogP contribution in [0.15, 0.2) is 59.5 Å². The van der Waals surface area contributed by atoms with E-state index in [0.29, 0.717) is 0 Å². The van der Waals surface area contributed by atoms with Crippen LogP contribution in [0, 0.1) is 0 Å². The Labute approximate surface area is 191 Å². The molecule has 1 fully saturated rings. The molecule has 1 aliphatic rings. The number of nitrogens with zero attached hydrogens (tertiary/aromatic N) is 1. The summed E-state index contributed by atoms with van der Waals surface area (Å²) in [5, 5.41) is 4.32. The van der Waals surface area contributed by atoms with Gasteiger partial charge in [-0.2, -0.15) is 13.2 Å². The van der Waals surface area contributed by atoms with Gasteiger partial charge in [0.2, 0.25) is 5.91 Å². The normalized spacial score (nSPS) is 15.1. The van der Waals surface area contributed by atoms with E-state index in [-0.39, 0.29) is 23.6 Å². The largest absolute Gasteiger partial charge is 0.416 e. The van der Waals surface area contributed by atoms with Gasteiger partial charge in [-0.3, -0.25) is 24.1 Å². The van der Waals surface area contributed by atoms with Crippen molar-refractivity contribution in [1.29, 1.82) is 0 Å². The number of carbonyl (C=O) groups excluding carboxylic acids is 4. The summed E-state index contributed by atoms with van der Waals surface area (Å²) in [6, 6.07) is 12.6. The Bertz CT molecular complexity index is 1090. The first-order valence-electron chi connectivity index (χ1n) is 9.68. The highest BCUT2D eigenvalue weighted by Gasteiger charge is 2.34. The van der Waals surface area contributed by atoms with Gasteiger partial charge < -0.3 is 10.6 Å². The third-order valence-electron chi connectivity index (χ3n) is 4.51. The number of hydrogen-bond donors (Lipinski definition) is 2. The molecule has 33 heavy (non-hydrogen) atoms. The van der Waals surface area contributed by atoms with Crippen molar-refractivity contribution in [2.75, 3.05) is 19.6 Å². The Morgan fingerprint density at radius 2 is 1.64 bits per heavy atom. The molecule has 0 radical (unpaired) electrons. The molecule has 0 aromatic heterocycles. The highest BCUT2D eigenvalue weighted by Crippen LogP contribution is 2.32. The van der Waals surface area contributed by atoms with Gasteiger partial charge in [-0.1, -0.05) is 30.3 Å². The van der Waals surface area contributed by atoms with Crippen molar-refractivity contribution >= 4 is 40.8 Å². The number of alkyl halides is 3. The molecule has 0 spiro atoms. The molecule has 7 nitrogen and oxygen atoms in total. The van der Waals surface area contributed by atoms with Crippen molar-refractivity contribution in [3.8, 4) is 0 Å². The van der Waals surface area contributed by atoms with Gasteiger partial charge in [-0.05, 0) is 47.7 Å². The van der Waals surface area contributed by atoms with Gasteiger partial charge in [0, 0.05) is 18.7 Å². The molecule has 3 rings (SSSR count). The van der Waals surface area contributed by atoms with Crippen molar-refractivity contribution < 1.29 is 32.3 Å². The summed E-state index contributed by atoms with van der Waals surface area (Å²) in [7, 11) is 0. The van der Waals surface area contributed by atoms with Crippen LogP contribution in [0.3, 0.4) is 0 Å². The predicted molar refractivity (Wildman–Crippen MR) is 116 cm³/mol. The molecule has 0 bridgehead atoms. The third kappa shape index (κ3) is 6.45. The minimum absolute atomic E-state index is 0.0222. The topological polar surface area (TPSA) is 95.6 Å². The minimum Gasteiger partial charge on any atom is -0.353 e.